The molecule has 0 saturated carbocycles. The van der Waals surface area contributed by atoms with Gasteiger partial charge in [0.05, 0.1) is 5.52 Å². The second kappa shape index (κ2) is 5.61. The molecule has 0 unspecified atom stereocenters. The highest BCUT2D eigenvalue weighted by Gasteiger charge is 2.05. The van der Waals surface area contributed by atoms with Crippen LogP contribution in [-0.4, -0.2) is 4.98 Å². The minimum Gasteiger partial charge on any atom is -0.326 e. The summed E-state index contributed by atoms with van der Waals surface area (Å²) in [6, 6.07) is 18.2. The first-order valence-corrected chi connectivity index (χ1v) is 6.96. The van der Waals surface area contributed by atoms with Gasteiger partial charge in [-0.25, -0.2) is 0 Å². The van der Waals surface area contributed by atoms with Gasteiger partial charge >= 0.3 is 0 Å². The summed E-state index contributed by atoms with van der Waals surface area (Å²) in [7, 11) is 0. The maximum atomic E-state index is 6.01. The second-order valence-electron chi connectivity index (χ2n) is 4.79. The third kappa shape index (κ3) is 2.67. The van der Waals surface area contributed by atoms with Gasteiger partial charge in [0, 0.05) is 29.1 Å². The Balaban J connectivity index is 1.96. The average Bonchev–Trinajstić information content (AvgIpc) is 2.49. The summed E-state index contributed by atoms with van der Waals surface area (Å²) < 4.78 is 0. The molecule has 0 fully saturated rings. The number of hydrogen-bond donors (Lipinski definition) is 1. The van der Waals surface area contributed by atoms with Crippen LogP contribution < -0.4 is 5.73 Å². The molecule has 0 atom stereocenters. The SMILES string of the molecule is NCc1cc(Cl)ccc1Cc1ccc2ccccc2n1. The lowest BCUT2D eigenvalue weighted by atomic mass is 10.0. The molecule has 0 aliphatic heterocycles. The van der Waals surface area contributed by atoms with E-state index in [4.69, 9.17) is 22.3 Å². The second-order valence-corrected chi connectivity index (χ2v) is 5.23. The van der Waals surface area contributed by atoms with E-state index in [2.05, 4.69) is 18.2 Å². The number of pyridine rings is 1. The number of para-hydroxylation sites is 1. The normalized spacial score (nSPS) is 10.9. The van der Waals surface area contributed by atoms with Gasteiger partial charge in [-0.1, -0.05) is 41.9 Å². The zero-order chi connectivity index (χ0) is 13.9. The van der Waals surface area contributed by atoms with Crippen molar-refractivity contribution < 1.29 is 0 Å². The summed E-state index contributed by atoms with van der Waals surface area (Å²) in [5, 5.41) is 1.88. The van der Waals surface area contributed by atoms with Crippen molar-refractivity contribution in [1.82, 2.24) is 4.98 Å². The summed E-state index contributed by atoms with van der Waals surface area (Å²) in [5.74, 6) is 0. The van der Waals surface area contributed by atoms with Gasteiger partial charge in [-0.05, 0) is 35.4 Å². The fourth-order valence-electron chi connectivity index (χ4n) is 2.36. The van der Waals surface area contributed by atoms with E-state index >= 15 is 0 Å². The Kier molecular flexibility index (Phi) is 3.68. The topological polar surface area (TPSA) is 38.9 Å². The monoisotopic (exact) mass is 282 g/mol. The van der Waals surface area contributed by atoms with Crippen LogP contribution in [0.4, 0.5) is 0 Å². The fourth-order valence-corrected chi connectivity index (χ4v) is 2.55. The quantitative estimate of drug-likeness (QED) is 0.790. The number of benzene rings is 2. The summed E-state index contributed by atoms with van der Waals surface area (Å²) >= 11 is 6.01. The largest absolute Gasteiger partial charge is 0.326 e. The van der Waals surface area contributed by atoms with Gasteiger partial charge in [-0.3, -0.25) is 4.98 Å². The van der Waals surface area contributed by atoms with Crippen molar-refractivity contribution in [2.24, 2.45) is 5.73 Å². The maximum absolute atomic E-state index is 6.01. The standard InChI is InChI=1S/C17H15ClN2/c18-15-7-5-13(14(9-15)11-19)10-16-8-6-12-3-1-2-4-17(12)20-16/h1-9H,10-11,19H2. The van der Waals surface area contributed by atoms with Crippen molar-refractivity contribution in [2.45, 2.75) is 13.0 Å². The Morgan fingerprint density at radius 1 is 0.950 bits per heavy atom. The van der Waals surface area contributed by atoms with Crippen LogP contribution >= 0.6 is 11.6 Å². The first-order chi connectivity index (χ1) is 9.76. The number of hydrogen-bond acceptors (Lipinski definition) is 2. The van der Waals surface area contributed by atoms with E-state index in [-0.39, 0.29) is 0 Å². The molecular formula is C17H15ClN2. The first-order valence-electron chi connectivity index (χ1n) is 6.58. The van der Waals surface area contributed by atoms with Crippen LogP contribution in [0.2, 0.25) is 5.02 Å². The number of nitrogens with zero attached hydrogens (tertiary/aromatic N) is 1. The van der Waals surface area contributed by atoms with Gasteiger partial charge in [-0.2, -0.15) is 0 Å². The predicted octanol–water partition coefficient (Wildman–Crippen LogP) is 3.94. The molecule has 1 aromatic heterocycles. The van der Waals surface area contributed by atoms with Crippen molar-refractivity contribution in [3.05, 3.63) is 76.4 Å². The van der Waals surface area contributed by atoms with Gasteiger partial charge in [-0.15, -0.1) is 0 Å². The number of rotatable bonds is 3. The van der Waals surface area contributed by atoms with Crippen LogP contribution in [0.3, 0.4) is 0 Å². The van der Waals surface area contributed by atoms with E-state index in [9.17, 15) is 0 Å². The van der Waals surface area contributed by atoms with Crippen LogP contribution in [0.25, 0.3) is 10.9 Å². The lowest BCUT2D eigenvalue weighted by molar-refractivity contribution is 1.00. The van der Waals surface area contributed by atoms with Crippen LogP contribution in [0.15, 0.2) is 54.6 Å². The van der Waals surface area contributed by atoms with E-state index in [1.54, 1.807) is 0 Å². The highest BCUT2D eigenvalue weighted by atomic mass is 35.5. The summed E-state index contributed by atoms with van der Waals surface area (Å²) in [5.41, 5.74) is 10.1. The summed E-state index contributed by atoms with van der Waals surface area (Å²) in [6.07, 6.45) is 0.772. The molecule has 2 nitrogen and oxygen atoms in total. The van der Waals surface area contributed by atoms with Crippen molar-refractivity contribution in [3.8, 4) is 0 Å². The number of nitrogens with two attached hydrogens (primary N) is 1. The zero-order valence-electron chi connectivity index (χ0n) is 11.0. The van der Waals surface area contributed by atoms with Crippen molar-refractivity contribution >= 4 is 22.5 Å². The minimum absolute atomic E-state index is 0.490. The molecule has 0 spiro atoms. The Morgan fingerprint density at radius 2 is 1.80 bits per heavy atom. The van der Waals surface area contributed by atoms with Crippen molar-refractivity contribution in [3.63, 3.8) is 0 Å². The van der Waals surface area contributed by atoms with Gasteiger partial charge in [0.1, 0.15) is 0 Å². The fraction of sp³-hybridized carbons (Fsp3) is 0.118. The number of halogens is 1. The third-order valence-electron chi connectivity index (χ3n) is 3.42. The van der Waals surface area contributed by atoms with Gasteiger partial charge in [0.2, 0.25) is 0 Å². The molecule has 3 aromatic rings. The molecule has 0 aliphatic carbocycles. The lowest BCUT2D eigenvalue weighted by Crippen LogP contribution is -2.03. The van der Waals surface area contributed by atoms with E-state index in [1.807, 2.05) is 36.4 Å². The minimum atomic E-state index is 0.490. The highest BCUT2D eigenvalue weighted by molar-refractivity contribution is 6.30. The smallest absolute Gasteiger partial charge is 0.0705 e. The molecule has 0 saturated heterocycles. The molecule has 2 N–H and O–H groups in total. The van der Waals surface area contributed by atoms with Crippen LogP contribution in [0.1, 0.15) is 16.8 Å². The molecule has 20 heavy (non-hydrogen) atoms. The molecule has 100 valence electrons. The summed E-state index contributed by atoms with van der Waals surface area (Å²) in [4.78, 5) is 4.69. The number of aromatic nitrogens is 1. The molecule has 2 aromatic carbocycles. The molecule has 0 bridgehead atoms. The molecule has 0 aliphatic rings. The van der Waals surface area contributed by atoms with Crippen LogP contribution in [0, 0.1) is 0 Å². The highest BCUT2D eigenvalue weighted by Crippen LogP contribution is 2.20. The predicted molar refractivity (Wildman–Crippen MR) is 83.9 cm³/mol. The third-order valence-corrected chi connectivity index (χ3v) is 3.65. The van der Waals surface area contributed by atoms with Gasteiger partial charge in [0.25, 0.3) is 0 Å². The Labute approximate surface area is 123 Å². The molecule has 3 rings (SSSR count). The maximum Gasteiger partial charge on any atom is 0.0705 e. The Hall–Kier alpha value is -1.90. The van der Waals surface area contributed by atoms with E-state index in [0.717, 1.165) is 33.6 Å². The van der Waals surface area contributed by atoms with E-state index < -0.39 is 0 Å². The van der Waals surface area contributed by atoms with Gasteiger partial charge in [0.15, 0.2) is 0 Å². The van der Waals surface area contributed by atoms with Crippen LogP contribution in [-0.2, 0) is 13.0 Å². The Bertz CT molecular complexity index is 753. The molecular weight excluding hydrogens is 268 g/mol. The van der Waals surface area contributed by atoms with Gasteiger partial charge < -0.3 is 5.73 Å². The van der Waals surface area contributed by atoms with E-state index in [0.29, 0.717) is 6.54 Å². The Morgan fingerprint density at radius 3 is 2.65 bits per heavy atom. The van der Waals surface area contributed by atoms with E-state index in [1.165, 1.54) is 5.56 Å². The molecule has 1 heterocycles. The zero-order valence-corrected chi connectivity index (χ0v) is 11.8. The summed E-state index contributed by atoms with van der Waals surface area (Å²) in [6.45, 7) is 0.490. The lowest BCUT2D eigenvalue weighted by Gasteiger charge is -2.08. The van der Waals surface area contributed by atoms with Crippen LogP contribution in [0.5, 0.6) is 0 Å². The molecule has 0 radical (unpaired) electrons. The molecule has 3 heteroatoms. The van der Waals surface area contributed by atoms with Crippen molar-refractivity contribution in [1.29, 1.82) is 0 Å². The van der Waals surface area contributed by atoms with Crippen molar-refractivity contribution in [2.75, 3.05) is 0 Å². The average molecular weight is 283 g/mol. The number of fused-ring (bicyclic) bond motifs is 1. The first kappa shape index (κ1) is 13.1. The molecule has 0 amide bonds.